The van der Waals surface area contributed by atoms with Crippen molar-refractivity contribution in [2.45, 2.75) is 118 Å². The van der Waals surface area contributed by atoms with Gasteiger partial charge in [0.25, 0.3) is 0 Å². The minimum atomic E-state index is 0.0180. The van der Waals surface area contributed by atoms with E-state index in [4.69, 9.17) is 4.74 Å². The second kappa shape index (κ2) is 16.9. The summed E-state index contributed by atoms with van der Waals surface area (Å²) in [7, 11) is 0. The van der Waals surface area contributed by atoms with E-state index in [1.165, 1.54) is 70.6 Å². The number of hydrogen-bond acceptors (Lipinski definition) is 2. The third-order valence-electron chi connectivity index (χ3n) is 5.35. The van der Waals surface area contributed by atoms with Crippen molar-refractivity contribution in [2.75, 3.05) is 6.61 Å². The van der Waals surface area contributed by atoms with Gasteiger partial charge in [0.15, 0.2) is 0 Å². The number of carbonyl (C=O) groups is 1. The molecule has 0 aliphatic carbocycles. The zero-order chi connectivity index (χ0) is 18.9. The fraction of sp³-hybridized carbons (Fsp3) is 0.957. The van der Waals surface area contributed by atoms with Crippen LogP contribution in [0.25, 0.3) is 0 Å². The third kappa shape index (κ3) is 16.7. The van der Waals surface area contributed by atoms with Gasteiger partial charge in [-0.15, -0.1) is 0 Å². The molecular formula is C23H46O2. The Morgan fingerprint density at radius 1 is 0.800 bits per heavy atom. The average Bonchev–Trinajstić information content (AvgIpc) is 2.58. The zero-order valence-corrected chi connectivity index (χ0v) is 17.9. The van der Waals surface area contributed by atoms with Gasteiger partial charge in [0, 0.05) is 6.42 Å². The maximum Gasteiger partial charge on any atom is 0.305 e. The first-order valence-electron chi connectivity index (χ1n) is 11.1. The fourth-order valence-electron chi connectivity index (χ4n) is 3.26. The summed E-state index contributed by atoms with van der Waals surface area (Å²) < 4.78 is 5.56. The second-order valence-corrected chi connectivity index (χ2v) is 8.48. The molecule has 0 aromatic carbocycles. The molecule has 0 heterocycles. The van der Waals surface area contributed by atoms with E-state index < -0.39 is 0 Å². The Balaban J connectivity index is 3.65. The highest BCUT2D eigenvalue weighted by molar-refractivity contribution is 5.69. The first-order valence-corrected chi connectivity index (χ1v) is 11.1. The summed E-state index contributed by atoms with van der Waals surface area (Å²) in [5.74, 6) is 2.19. The second-order valence-electron chi connectivity index (χ2n) is 8.48. The van der Waals surface area contributed by atoms with Gasteiger partial charge in [-0.05, 0) is 37.0 Å². The maximum absolute atomic E-state index is 11.9. The number of carbonyl (C=O) groups excluding carboxylic acids is 1. The van der Waals surface area contributed by atoms with Crippen LogP contribution in [-0.2, 0) is 9.53 Å². The Hall–Kier alpha value is -0.530. The molecular weight excluding hydrogens is 308 g/mol. The molecule has 0 saturated carbocycles. The van der Waals surface area contributed by atoms with E-state index in [0.717, 1.165) is 18.3 Å². The molecule has 0 aliphatic rings. The van der Waals surface area contributed by atoms with Crippen molar-refractivity contribution < 1.29 is 9.53 Å². The Morgan fingerprint density at radius 3 is 2.04 bits per heavy atom. The van der Waals surface area contributed by atoms with E-state index in [0.29, 0.717) is 18.9 Å². The predicted molar refractivity (Wildman–Crippen MR) is 110 cm³/mol. The smallest absolute Gasteiger partial charge is 0.305 e. The summed E-state index contributed by atoms with van der Waals surface area (Å²) >= 11 is 0. The Labute approximate surface area is 158 Å². The molecule has 2 nitrogen and oxygen atoms in total. The Bertz CT molecular complexity index is 298. The number of esters is 1. The standard InChI is InChI=1S/C23H46O2/c1-6-14-22(18-17-21(5)7-2)19-25-23(24)16-13-11-9-8-10-12-15-20(3)4/h20-22H,6-19H2,1-5H3. The van der Waals surface area contributed by atoms with Gasteiger partial charge < -0.3 is 4.74 Å². The average molecular weight is 355 g/mol. The molecule has 0 N–H and O–H groups in total. The molecule has 0 fully saturated rings. The highest BCUT2D eigenvalue weighted by Gasteiger charge is 2.12. The molecule has 2 atom stereocenters. The largest absolute Gasteiger partial charge is 0.465 e. The van der Waals surface area contributed by atoms with Crippen molar-refractivity contribution in [1.82, 2.24) is 0 Å². The zero-order valence-electron chi connectivity index (χ0n) is 17.9. The van der Waals surface area contributed by atoms with E-state index in [1.807, 2.05) is 0 Å². The molecule has 0 aromatic rings. The molecule has 0 spiro atoms. The van der Waals surface area contributed by atoms with Crippen molar-refractivity contribution in [3.63, 3.8) is 0 Å². The van der Waals surface area contributed by atoms with Crippen molar-refractivity contribution >= 4 is 5.97 Å². The van der Waals surface area contributed by atoms with Crippen molar-refractivity contribution in [3.8, 4) is 0 Å². The van der Waals surface area contributed by atoms with Crippen LogP contribution in [0.2, 0.25) is 0 Å². The van der Waals surface area contributed by atoms with Gasteiger partial charge in [0.05, 0.1) is 6.61 Å². The van der Waals surface area contributed by atoms with Crippen molar-refractivity contribution in [3.05, 3.63) is 0 Å². The topological polar surface area (TPSA) is 26.3 Å². The molecule has 0 amide bonds. The van der Waals surface area contributed by atoms with Crippen LogP contribution in [0.15, 0.2) is 0 Å². The van der Waals surface area contributed by atoms with Crippen LogP contribution in [0, 0.1) is 17.8 Å². The molecule has 0 bridgehead atoms. The molecule has 0 saturated heterocycles. The van der Waals surface area contributed by atoms with Gasteiger partial charge in [0.1, 0.15) is 0 Å². The van der Waals surface area contributed by atoms with Crippen LogP contribution in [-0.4, -0.2) is 12.6 Å². The lowest BCUT2D eigenvalue weighted by Gasteiger charge is -2.18. The Kier molecular flexibility index (Phi) is 16.6. The van der Waals surface area contributed by atoms with Gasteiger partial charge in [-0.1, -0.05) is 92.4 Å². The summed E-state index contributed by atoms with van der Waals surface area (Å²) in [5.41, 5.74) is 0. The van der Waals surface area contributed by atoms with Crippen LogP contribution in [0.5, 0.6) is 0 Å². The first kappa shape index (κ1) is 24.5. The molecule has 2 heteroatoms. The van der Waals surface area contributed by atoms with E-state index in [-0.39, 0.29) is 5.97 Å². The monoisotopic (exact) mass is 354 g/mol. The number of ether oxygens (including phenoxy) is 1. The summed E-state index contributed by atoms with van der Waals surface area (Å²) in [6.45, 7) is 12.0. The van der Waals surface area contributed by atoms with E-state index >= 15 is 0 Å². The molecule has 0 radical (unpaired) electrons. The fourth-order valence-corrected chi connectivity index (χ4v) is 3.26. The summed E-state index contributed by atoms with van der Waals surface area (Å²) in [6, 6.07) is 0. The van der Waals surface area contributed by atoms with Gasteiger partial charge in [0.2, 0.25) is 0 Å². The molecule has 0 aliphatic heterocycles. The summed E-state index contributed by atoms with van der Waals surface area (Å²) in [4.78, 5) is 11.9. The minimum absolute atomic E-state index is 0.0180. The van der Waals surface area contributed by atoms with E-state index in [1.54, 1.807) is 0 Å². The predicted octanol–water partition coefficient (Wildman–Crippen LogP) is 7.55. The number of unbranched alkanes of at least 4 members (excludes halogenated alkanes) is 5. The van der Waals surface area contributed by atoms with Gasteiger partial charge in [-0.25, -0.2) is 0 Å². The molecule has 2 unspecified atom stereocenters. The molecule has 0 aromatic heterocycles. The summed E-state index contributed by atoms with van der Waals surface area (Å²) in [6.07, 6.45) is 15.5. The van der Waals surface area contributed by atoms with Crippen molar-refractivity contribution in [1.29, 1.82) is 0 Å². The highest BCUT2D eigenvalue weighted by Crippen LogP contribution is 2.20. The third-order valence-corrected chi connectivity index (χ3v) is 5.35. The van der Waals surface area contributed by atoms with Crippen LogP contribution in [0.3, 0.4) is 0 Å². The van der Waals surface area contributed by atoms with E-state index in [2.05, 4.69) is 34.6 Å². The van der Waals surface area contributed by atoms with Crippen LogP contribution in [0.1, 0.15) is 118 Å². The lowest BCUT2D eigenvalue weighted by atomic mass is 9.93. The maximum atomic E-state index is 11.9. The number of rotatable bonds is 17. The first-order chi connectivity index (χ1) is 12.0. The summed E-state index contributed by atoms with van der Waals surface area (Å²) in [5, 5.41) is 0. The minimum Gasteiger partial charge on any atom is -0.465 e. The van der Waals surface area contributed by atoms with E-state index in [9.17, 15) is 4.79 Å². The normalized spacial score (nSPS) is 13.8. The SMILES string of the molecule is CCCC(CCC(C)CC)COC(=O)CCCCCCCCC(C)C. The van der Waals surface area contributed by atoms with Crippen LogP contribution < -0.4 is 0 Å². The molecule has 0 rings (SSSR count). The lowest BCUT2D eigenvalue weighted by molar-refractivity contribution is -0.145. The van der Waals surface area contributed by atoms with Crippen LogP contribution in [0.4, 0.5) is 0 Å². The molecule has 25 heavy (non-hydrogen) atoms. The lowest BCUT2D eigenvalue weighted by Crippen LogP contribution is -2.15. The molecule has 150 valence electrons. The highest BCUT2D eigenvalue weighted by atomic mass is 16.5. The van der Waals surface area contributed by atoms with Crippen molar-refractivity contribution in [2.24, 2.45) is 17.8 Å². The van der Waals surface area contributed by atoms with Gasteiger partial charge in [-0.2, -0.15) is 0 Å². The van der Waals surface area contributed by atoms with Gasteiger partial charge >= 0.3 is 5.97 Å². The van der Waals surface area contributed by atoms with Crippen LogP contribution >= 0.6 is 0 Å². The number of hydrogen-bond donors (Lipinski definition) is 0. The Morgan fingerprint density at radius 2 is 1.44 bits per heavy atom. The quantitative estimate of drug-likeness (QED) is 0.199. The van der Waals surface area contributed by atoms with Gasteiger partial charge in [-0.3, -0.25) is 4.79 Å².